The van der Waals surface area contributed by atoms with Gasteiger partial charge in [0.05, 0.1) is 10.9 Å². The average molecular weight is 491 g/mol. The van der Waals surface area contributed by atoms with Crippen molar-refractivity contribution in [3.8, 4) is 5.75 Å². The molecule has 0 aliphatic heterocycles. The second kappa shape index (κ2) is 9.08. The lowest BCUT2D eigenvalue weighted by molar-refractivity contribution is -0.239. The van der Waals surface area contributed by atoms with Gasteiger partial charge in [-0.2, -0.15) is 30.4 Å². The summed E-state index contributed by atoms with van der Waals surface area (Å²) in [5.41, 5.74) is 0. The van der Waals surface area contributed by atoms with Crippen molar-refractivity contribution in [2.45, 2.75) is 32.2 Å². The van der Waals surface area contributed by atoms with Crippen LogP contribution in [0.4, 0.5) is 22.0 Å². The molecule has 0 heterocycles. The summed E-state index contributed by atoms with van der Waals surface area (Å²) in [4.78, 5) is 2.08. The van der Waals surface area contributed by atoms with E-state index in [4.69, 9.17) is 4.55 Å². The summed E-state index contributed by atoms with van der Waals surface area (Å²) >= 11 is 0. The predicted octanol–water partition coefficient (Wildman–Crippen LogP) is 5.57. The van der Waals surface area contributed by atoms with Crippen LogP contribution < -0.4 is 4.74 Å². The highest BCUT2D eigenvalue weighted by Crippen LogP contribution is 2.39. The number of alkyl halides is 5. The van der Waals surface area contributed by atoms with Crippen molar-refractivity contribution in [1.29, 1.82) is 0 Å². The van der Waals surface area contributed by atoms with Crippen LogP contribution in [0.25, 0.3) is 0 Å². The van der Waals surface area contributed by atoms with Gasteiger partial charge in [0.15, 0.2) is 14.7 Å². The molecule has 1 unspecified atom stereocenters. The topological polar surface area (TPSA) is 63.6 Å². The Hall–Kier alpha value is -2.63. The molecule has 1 atom stereocenters. The van der Waals surface area contributed by atoms with Gasteiger partial charge in [-0.1, -0.05) is 42.5 Å². The van der Waals surface area contributed by atoms with Gasteiger partial charge in [-0.3, -0.25) is 4.55 Å². The van der Waals surface area contributed by atoms with Gasteiger partial charge in [0, 0.05) is 6.07 Å². The van der Waals surface area contributed by atoms with Crippen LogP contribution in [0.5, 0.6) is 5.75 Å². The number of rotatable bonds is 7. The molecule has 3 rings (SSSR count). The number of ether oxygens (including phenoxy) is 1. The third-order valence-electron chi connectivity index (χ3n) is 4.20. The molecule has 3 aromatic rings. The molecule has 0 saturated heterocycles. The van der Waals surface area contributed by atoms with Crippen LogP contribution in [0.2, 0.25) is 0 Å². The van der Waals surface area contributed by atoms with Crippen molar-refractivity contribution >= 4 is 21.0 Å². The van der Waals surface area contributed by atoms with Gasteiger partial charge in [0.1, 0.15) is 5.75 Å². The molecule has 11 heteroatoms. The molecule has 0 amide bonds. The van der Waals surface area contributed by atoms with E-state index >= 15 is 0 Å². The quantitative estimate of drug-likeness (QED) is 0.267. The largest absolute Gasteiger partial charge is 0.473 e. The summed E-state index contributed by atoms with van der Waals surface area (Å²) < 4.78 is 102. The normalized spacial score (nSPS) is 13.7. The first-order valence-electron chi connectivity index (χ1n) is 8.94. The summed E-state index contributed by atoms with van der Waals surface area (Å²) in [6.07, 6.45) is -9.88. The molecule has 170 valence electrons. The van der Waals surface area contributed by atoms with E-state index in [9.17, 15) is 30.4 Å². The molecule has 4 nitrogen and oxygen atoms in total. The van der Waals surface area contributed by atoms with E-state index in [-0.39, 0.29) is 0 Å². The second-order valence-electron chi connectivity index (χ2n) is 6.48. The molecule has 0 radical (unpaired) electrons. The lowest BCUT2D eigenvalue weighted by Gasteiger charge is -2.27. The second-order valence-corrected chi connectivity index (χ2v) is 10.0. The smallest absolute Gasteiger partial charge is 0.432 e. The van der Waals surface area contributed by atoms with Crippen molar-refractivity contribution in [3.05, 3.63) is 84.9 Å². The Balaban J connectivity index is 2.06. The monoisotopic (exact) mass is 491 g/mol. The number of hydrogen-bond donors (Lipinski definition) is 1. The maximum absolute atomic E-state index is 13.9. The van der Waals surface area contributed by atoms with E-state index < -0.39 is 44.3 Å². The highest BCUT2D eigenvalue weighted by atomic mass is 32.2. The molecule has 32 heavy (non-hydrogen) atoms. The van der Waals surface area contributed by atoms with Crippen LogP contribution >= 0.6 is 0 Å². The van der Waals surface area contributed by atoms with Gasteiger partial charge in [0.25, 0.3) is 6.10 Å². The van der Waals surface area contributed by atoms with E-state index in [0.29, 0.717) is 4.90 Å². The third-order valence-corrected chi connectivity index (χ3v) is 7.31. The molecule has 0 aliphatic rings. The Labute approximate surface area is 183 Å². The van der Waals surface area contributed by atoms with Crippen LogP contribution in [-0.4, -0.2) is 30.5 Å². The zero-order valence-corrected chi connectivity index (χ0v) is 17.7. The maximum Gasteiger partial charge on any atom is 0.432 e. The van der Waals surface area contributed by atoms with Crippen molar-refractivity contribution in [2.75, 3.05) is 0 Å². The van der Waals surface area contributed by atoms with Gasteiger partial charge < -0.3 is 4.74 Å². The van der Waals surface area contributed by atoms with Crippen molar-refractivity contribution in [2.24, 2.45) is 0 Å². The molecule has 0 spiro atoms. The fourth-order valence-corrected chi connectivity index (χ4v) is 5.37. The summed E-state index contributed by atoms with van der Waals surface area (Å²) in [7, 11) is -7.21. The van der Waals surface area contributed by atoms with Crippen LogP contribution in [0, 0.1) is 0 Å². The fourth-order valence-electron chi connectivity index (χ4n) is 2.79. The lowest BCUT2D eigenvalue weighted by Crippen LogP contribution is -2.53. The van der Waals surface area contributed by atoms with Crippen LogP contribution in [0.15, 0.2) is 99.6 Å². The fraction of sp³-hybridized carbons (Fsp3) is 0.143. The SMILES string of the molecule is O=S(=O)(O)C(F)(F)C(Oc1cccc([S+](c2ccccc2)c2ccccc2)c1)C(F)(F)F. The standard InChI is InChI=1S/C21H15F5O4S2/c22-20(23,24)19(21(25,26)32(27,28)29)30-15-8-7-13-18(14-15)31(16-9-3-1-4-10-16)17-11-5-2-6-12-17/h1-14,19H/p+1. The molecular weight excluding hydrogens is 475 g/mol. The first kappa shape index (κ1) is 24.0. The van der Waals surface area contributed by atoms with Crippen LogP contribution in [0.1, 0.15) is 0 Å². The molecular formula is C21H16F5O4S2+. The summed E-state index contributed by atoms with van der Waals surface area (Å²) in [6.45, 7) is 0. The Morgan fingerprint density at radius 3 is 1.66 bits per heavy atom. The minimum absolute atomic E-state index is 0.455. The van der Waals surface area contributed by atoms with Gasteiger partial charge in [0.2, 0.25) is 0 Å². The van der Waals surface area contributed by atoms with Crippen molar-refractivity contribution in [1.82, 2.24) is 0 Å². The molecule has 0 bridgehead atoms. The average Bonchev–Trinajstić information content (AvgIpc) is 2.72. The number of hydrogen-bond acceptors (Lipinski definition) is 3. The highest BCUT2D eigenvalue weighted by Gasteiger charge is 2.65. The number of halogens is 5. The van der Waals surface area contributed by atoms with Gasteiger partial charge in [-0.15, -0.1) is 0 Å². The Morgan fingerprint density at radius 2 is 1.22 bits per heavy atom. The zero-order chi connectivity index (χ0) is 23.6. The molecule has 0 aliphatic carbocycles. The van der Waals surface area contributed by atoms with Gasteiger partial charge in [-0.05, 0) is 36.4 Å². The Morgan fingerprint density at radius 1 is 0.750 bits per heavy atom. The van der Waals surface area contributed by atoms with Crippen LogP contribution in [0.3, 0.4) is 0 Å². The summed E-state index contributed by atoms with van der Waals surface area (Å²) in [6, 6.07) is 23.0. The van der Waals surface area contributed by atoms with Crippen molar-refractivity contribution < 1.29 is 39.7 Å². The van der Waals surface area contributed by atoms with Gasteiger partial charge >= 0.3 is 21.5 Å². The molecule has 0 fully saturated rings. The van der Waals surface area contributed by atoms with E-state index in [2.05, 4.69) is 4.74 Å². The van der Waals surface area contributed by atoms with E-state index in [1.54, 1.807) is 42.5 Å². The van der Waals surface area contributed by atoms with Crippen LogP contribution in [-0.2, 0) is 21.0 Å². The van der Waals surface area contributed by atoms with E-state index in [0.717, 1.165) is 21.9 Å². The minimum Gasteiger partial charge on any atom is -0.473 e. The predicted molar refractivity (Wildman–Crippen MR) is 108 cm³/mol. The first-order chi connectivity index (χ1) is 14.9. The Bertz CT molecular complexity index is 1110. The van der Waals surface area contributed by atoms with Gasteiger partial charge in [-0.25, -0.2) is 0 Å². The van der Waals surface area contributed by atoms with E-state index in [1.165, 1.54) is 6.07 Å². The summed E-state index contributed by atoms with van der Waals surface area (Å²) in [5, 5.41) is -5.61. The maximum atomic E-state index is 13.9. The number of benzene rings is 3. The highest BCUT2D eigenvalue weighted by molar-refractivity contribution is 7.97. The first-order valence-corrected chi connectivity index (χ1v) is 11.6. The molecule has 1 N–H and O–H groups in total. The Kier molecular flexibility index (Phi) is 6.82. The molecule has 0 aromatic heterocycles. The van der Waals surface area contributed by atoms with E-state index in [1.807, 2.05) is 24.3 Å². The third kappa shape index (κ3) is 5.22. The zero-order valence-electron chi connectivity index (χ0n) is 16.0. The van der Waals surface area contributed by atoms with Crippen molar-refractivity contribution in [3.63, 3.8) is 0 Å². The lowest BCUT2D eigenvalue weighted by atomic mass is 10.3. The molecule has 0 saturated carbocycles. The molecule has 3 aromatic carbocycles. The summed E-state index contributed by atoms with van der Waals surface area (Å²) in [5.74, 6) is -0.627. The minimum atomic E-state index is -6.39.